The molecule has 3 N–H and O–H groups in total. The monoisotopic (exact) mass is 320 g/mol. The van der Waals surface area contributed by atoms with Gasteiger partial charge in [-0.1, -0.05) is 27.4 Å². The second-order valence-corrected chi connectivity index (χ2v) is 9.92. The summed E-state index contributed by atoms with van der Waals surface area (Å²) < 4.78 is 0. The van der Waals surface area contributed by atoms with Gasteiger partial charge in [0.1, 0.15) is 0 Å². The lowest BCUT2D eigenvalue weighted by molar-refractivity contribution is -0.218. The van der Waals surface area contributed by atoms with Crippen molar-refractivity contribution in [1.29, 1.82) is 0 Å². The minimum absolute atomic E-state index is 0.00301. The molecule has 0 heterocycles. The molecule has 0 radical (unpaired) electrons. The zero-order valence-corrected chi connectivity index (χ0v) is 14.8. The fourth-order valence-electron chi connectivity index (χ4n) is 7.91. The van der Waals surface area contributed by atoms with Crippen LogP contribution in [0.5, 0.6) is 0 Å². The molecule has 4 aliphatic carbocycles. The summed E-state index contributed by atoms with van der Waals surface area (Å²) in [5.41, 5.74) is 0.559. The van der Waals surface area contributed by atoms with Gasteiger partial charge in [0.15, 0.2) is 0 Å². The number of rotatable bonds is 0. The normalized spacial score (nSPS) is 57.7. The highest BCUT2D eigenvalue weighted by Gasteiger charge is 2.70. The molecule has 2 bridgehead atoms. The summed E-state index contributed by atoms with van der Waals surface area (Å²) in [6.45, 7) is 11.0. The van der Waals surface area contributed by atoms with Crippen LogP contribution in [0.2, 0.25) is 0 Å². The van der Waals surface area contributed by atoms with Gasteiger partial charge in [-0.15, -0.1) is 0 Å². The molecule has 8 atom stereocenters. The average molecular weight is 320 g/mol. The first-order chi connectivity index (χ1) is 10.6. The largest absolute Gasteiger partial charge is 0.393 e. The van der Waals surface area contributed by atoms with E-state index in [0.29, 0.717) is 5.92 Å². The quantitative estimate of drug-likeness (QED) is 0.602. The van der Waals surface area contributed by atoms with E-state index in [0.717, 1.165) is 44.1 Å². The molecule has 4 saturated carbocycles. The number of hydrogen-bond acceptors (Lipinski definition) is 3. The Labute approximate surface area is 139 Å². The van der Waals surface area contributed by atoms with E-state index in [9.17, 15) is 15.3 Å². The standard InChI is InChI=1S/C20H32O3/c1-11-13-5-6-15-19(4)10-12(21)9-18(2,3)14(19)7-8-20(15,16(11)22)17(13)23/h12-17,21-23H,1,5-10H2,2-4H3/t12-,13+,14-,15-,16+,17-,19-,20-/m1/s1. The predicted molar refractivity (Wildman–Crippen MR) is 89.7 cm³/mol. The van der Waals surface area contributed by atoms with Crippen LogP contribution in [0.1, 0.15) is 59.3 Å². The van der Waals surface area contributed by atoms with Crippen LogP contribution in [0.15, 0.2) is 12.2 Å². The fraction of sp³-hybridized carbons (Fsp3) is 0.900. The number of aliphatic hydroxyl groups excluding tert-OH is 3. The Hall–Kier alpha value is -0.380. The fourth-order valence-corrected chi connectivity index (χ4v) is 7.91. The van der Waals surface area contributed by atoms with Gasteiger partial charge in [0, 0.05) is 11.3 Å². The van der Waals surface area contributed by atoms with Crippen molar-refractivity contribution in [3.8, 4) is 0 Å². The van der Waals surface area contributed by atoms with Gasteiger partial charge in [0.05, 0.1) is 18.3 Å². The smallest absolute Gasteiger partial charge is 0.0835 e. The Morgan fingerprint density at radius 2 is 1.65 bits per heavy atom. The zero-order chi connectivity index (χ0) is 16.8. The first-order valence-electron chi connectivity index (χ1n) is 9.37. The van der Waals surface area contributed by atoms with Crippen LogP contribution < -0.4 is 0 Å². The molecule has 0 saturated heterocycles. The Bertz CT molecular complexity index is 541. The summed E-state index contributed by atoms with van der Waals surface area (Å²) in [5.74, 6) is 0.908. The second-order valence-electron chi connectivity index (χ2n) is 9.92. The van der Waals surface area contributed by atoms with Gasteiger partial charge in [-0.2, -0.15) is 0 Å². The summed E-state index contributed by atoms with van der Waals surface area (Å²) in [4.78, 5) is 0. The minimum atomic E-state index is -0.574. The highest BCUT2D eigenvalue weighted by Crippen LogP contribution is 2.71. The molecule has 0 aromatic carbocycles. The summed E-state index contributed by atoms with van der Waals surface area (Å²) in [5, 5.41) is 32.6. The van der Waals surface area contributed by atoms with Crippen LogP contribution >= 0.6 is 0 Å². The molecule has 0 unspecified atom stereocenters. The van der Waals surface area contributed by atoms with E-state index in [-0.39, 0.29) is 28.8 Å². The van der Waals surface area contributed by atoms with Crippen molar-refractivity contribution in [2.75, 3.05) is 0 Å². The minimum Gasteiger partial charge on any atom is -0.393 e. The Kier molecular flexibility index (Phi) is 3.23. The molecular weight excluding hydrogens is 288 g/mol. The van der Waals surface area contributed by atoms with Crippen LogP contribution in [-0.2, 0) is 0 Å². The van der Waals surface area contributed by atoms with Crippen LogP contribution in [0.4, 0.5) is 0 Å². The maximum absolute atomic E-state index is 11.1. The van der Waals surface area contributed by atoms with Gasteiger partial charge in [0.2, 0.25) is 0 Å². The van der Waals surface area contributed by atoms with Gasteiger partial charge in [-0.05, 0) is 66.8 Å². The van der Waals surface area contributed by atoms with Crippen molar-refractivity contribution >= 4 is 0 Å². The second kappa shape index (κ2) is 4.62. The van der Waals surface area contributed by atoms with Crippen molar-refractivity contribution in [3.63, 3.8) is 0 Å². The Morgan fingerprint density at radius 3 is 2.35 bits per heavy atom. The van der Waals surface area contributed by atoms with Crippen molar-refractivity contribution in [3.05, 3.63) is 12.2 Å². The number of fused-ring (bicyclic) bond motifs is 3. The molecule has 3 heteroatoms. The van der Waals surface area contributed by atoms with Crippen LogP contribution in [-0.4, -0.2) is 33.6 Å². The predicted octanol–water partition coefficient (Wildman–Crippen LogP) is 2.89. The average Bonchev–Trinajstić information content (AvgIpc) is 2.55. The number of hydrogen-bond donors (Lipinski definition) is 3. The lowest BCUT2D eigenvalue weighted by atomic mass is 9.40. The SMILES string of the molecule is C=C1[C@@H]2CC[C@@H]3[C@]4(C)C[C@H](O)CC(C)(C)[C@H]4CC[C@]3([C@@H]2O)[C@H]1O. The summed E-state index contributed by atoms with van der Waals surface area (Å²) in [6, 6.07) is 0. The highest BCUT2D eigenvalue weighted by atomic mass is 16.3. The van der Waals surface area contributed by atoms with Crippen LogP contribution in [0.3, 0.4) is 0 Å². The van der Waals surface area contributed by atoms with E-state index in [1.165, 1.54) is 0 Å². The van der Waals surface area contributed by atoms with Crippen molar-refractivity contribution < 1.29 is 15.3 Å². The molecule has 4 aliphatic rings. The molecule has 0 aromatic heterocycles. The van der Waals surface area contributed by atoms with E-state index in [1.54, 1.807) is 0 Å². The van der Waals surface area contributed by atoms with Crippen molar-refractivity contribution in [2.45, 2.75) is 77.6 Å². The summed E-state index contributed by atoms with van der Waals surface area (Å²) >= 11 is 0. The first-order valence-corrected chi connectivity index (χ1v) is 9.37. The van der Waals surface area contributed by atoms with E-state index in [2.05, 4.69) is 27.4 Å². The van der Waals surface area contributed by atoms with Gasteiger partial charge < -0.3 is 15.3 Å². The molecule has 1 spiro atoms. The van der Waals surface area contributed by atoms with Gasteiger partial charge in [0.25, 0.3) is 0 Å². The lowest BCUT2D eigenvalue weighted by Gasteiger charge is -2.65. The topological polar surface area (TPSA) is 60.7 Å². The Balaban J connectivity index is 1.82. The first kappa shape index (κ1) is 16.1. The molecule has 0 aromatic rings. The van der Waals surface area contributed by atoms with Crippen LogP contribution in [0, 0.1) is 34.0 Å². The molecule has 0 aliphatic heterocycles. The molecular formula is C20H32O3. The molecule has 130 valence electrons. The van der Waals surface area contributed by atoms with Gasteiger partial charge >= 0.3 is 0 Å². The third kappa shape index (κ3) is 1.77. The molecule has 4 rings (SSSR count). The van der Waals surface area contributed by atoms with Crippen LogP contribution in [0.25, 0.3) is 0 Å². The third-order valence-electron chi connectivity index (χ3n) is 8.52. The molecule has 23 heavy (non-hydrogen) atoms. The maximum Gasteiger partial charge on any atom is 0.0835 e. The maximum atomic E-state index is 11.1. The molecule has 0 amide bonds. The summed E-state index contributed by atoms with van der Waals surface area (Å²) in [6.07, 6.45) is 4.31. The number of aliphatic hydroxyl groups is 3. The van der Waals surface area contributed by atoms with E-state index >= 15 is 0 Å². The summed E-state index contributed by atoms with van der Waals surface area (Å²) in [7, 11) is 0. The van der Waals surface area contributed by atoms with Crippen molar-refractivity contribution in [1.82, 2.24) is 0 Å². The zero-order valence-electron chi connectivity index (χ0n) is 14.8. The highest BCUT2D eigenvalue weighted by molar-refractivity contribution is 5.30. The molecule has 3 nitrogen and oxygen atoms in total. The third-order valence-corrected chi connectivity index (χ3v) is 8.52. The van der Waals surface area contributed by atoms with E-state index in [1.807, 2.05) is 0 Å². The lowest BCUT2D eigenvalue weighted by Crippen LogP contribution is -2.63. The molecule has 4 fully saturated rings. The van der Waals surface area contributed by atoms with E-state index in [4.69, 9.17) is 0 Å². The van der Waals surface area contributed by atoms with Gasteiger partial charge in [-0.25, -0.2) is 0 Å². The van der Waals surface area contributed by atoms with Gasteiger partial charge in [-0.3, -0.25) is 0 Å². The van der Waals surface area contributed by atoms with E-state index < -0.39 is 17.6 Å². The van der Waals surface area contributed by atoms with Crippen molar-refractivity contribution in [2.24, 2.45) is 34.0 Å². The Morgan fingerprint density at radius 1 is 0.957 bits per heavy atom.